The Morgan fingerprint density at radius 2 is 2.05 bits per heavy atom. The number of nitrogens with zero attached hydrogens (tertiary/aromatic N) is 2. The normalized spacial score (nSPS) is 10.8. The molecular weight excluding hydrogens is 238 g/mol. The first kappa shape index (κ1) is 11.7. The number of rotatable bonds is 4. The Balaban J connectivity index is 2.05. The van der Waals surface area contributed by atoms with Gasteiger partial charge in [0.25, 0.3) is 0 Å². The van der Waals surface area contributed by atoms with Crippen molar-refractivity contribution in [1.82, 2.24) is 9.97 Å². The van der Waals surface area contributed by atoms with Crippen LogP contribution in [0.25, 0.3) is 22.7 Å². The van der Waals surface area contributed by atoms with Crippen LogP contribution >= 0.6 is 0 Å². The van der Waals surface area contributed by atoms with Crippen LogP contribution in [0.4, 0.5) is 5.69 Å². The molecule has 0 bridgehead atoms. The number of anilines is 1. The Bertz CT molecular complexity index is 657. The zero-order valence-corrected chi connectivity index (χ0v) is 10.8. The van der Waals surface area contributed by atoms with Crippen LogP contribution in [0.2, 0.25) is 0 Å². The fraction of sp³-hybridized carbons (Fsp3) is 0.200. The third kappa shape index (κ3) is 2.29. The third-order valence-electron chi connectivity index (χ3n) is 2.87. The average molecular weight is 253 g/mol. The van der Waals surface area contributed by atoms with Gasteiger partial charge in [-0.1, -0.05) is 19.1 Å². The van der Waals surface area contributed by atoms with Crippen molar-refractivity contribution in [3.8, 4) is 11.6 Å². The highest BCUT2D eigenvalue weighted by atomic mass is 16.3. The van der Waals surface area contributed by atoms with Crippen LogP contribution in [0.3, 0.4) is 0 Å². The minimum absolute atomic E-state index is 0.556. The van der Waals surface area contributed by atoms with Gasteiger partial charge in [-0.3, -0.25) is 0 Å². The Kier molecular flexibility index (Phi) is 3.14. The van der Waals surface area contributed by atoms with E-state index in [2.05, 4.69) is 22.2 Å². The molecule has 0 fully saturated rings. The maximum atomic E-state index is 5.76. The van der Waals surface area contributed by atoms with Crippen LogP contribution in [0.15, 0.2) is 47.0 Å². The van der Waals surface area contributed by atoms with E-state index < -0.39 is 0 Å². The highest BCUT2D eigenvalue weighted by Crippen LogP contribution is 2.27. The first-order valence-corrected chi connectivity index (χ1v) is 6.43. The van der Waals surface area contributed by atoms with Crippen LogP contribution < -0.4 is 5.32 Å². The molecule has 2 aromatic heterocycles. The Labute approximate surface area is 111 Å². The second-order valence-corrected chi connectivity index (χ2v) is 4.31. The summed E-state index contributed by atoms with van der Waals surface area (Å²) in [6.07, 6.45) is 2.81. The lowest BCUT2D eigenvalue weighted by molar-refractivity contribution is 0.617. The number of aromatic nitrogens is 2. The lowest BCUT2D eigenvalue weighted by Crippen LogP contribution is -2.02. The summed E-state index contributed by atoms with van der Waals surface area (Å²) >= 11 is 0. The van der Waals surface area contributed by atoms with Crippen molar-refractivity contribution < 1.29 is 4.42 Å². The van der Waals surface area contributed by atoms with Gasteiger partial charge in [-0.05, 0) is 30.7 Å². The van der Waals surface area contributed by atoms with Crippen molar-refractivity contribution in [3.63, 3.8) is 0 Å². The lowest BCUT2D eigenvalue weighted by Gasteiger charge is -2.07. The number of nitrogens with one attached hydrogen (secondary N) is 1. The molecule has 0 atom stereocenters. The van der Waals surface area contributed by atoms with E-state index >= 15 is 0 Å². The van der Waals surface area contributed by atoms with Crippen LogP contribution in [0.1, 0.15) is 13.3 Å². The van der Waals surface area contributed by atoms with E-state index in [0.29, 0.717) is 5.89 Å². The van der Waals surface area contributed by atoms with Gasteiger partial charge in [-0.15, -0.1) is 0 Å². The molecule has 4 nitrogen and oxygen atoms in total. The summed E-state index contributed by atoms with van der Waals surface area (Å²) in [5.41, 5.74) is 3.34. The van der Waals surface area contributed by atoms with Crippen molar-refractivity contribution in [3.05, 3.63) is 42.6 Å². The van der Waals surface area contributed by atoms with Gasteiger partial charge in [-0.2, -0.15) is 0 Å². The third-order valence-corrected chi connectivity index (χ3v) is 2.87. The second-order valence-electron chi connectivity index (χ2n) is 4.31. The number of para-hydroxylation sites is 2. The number of oxazole rings is 1. The minimum Gasteiger partial charge on any atom is -0.435 e. The standard InChI is InChI=1S/C15H15N3O/c1-2-9-16-12-7-5-10-17-14(12)15-18-11-6-3-4-8-13(11)19-15/h3-8,10,16H,2,9H2,1H3. The molecular formula is C15H15N3O. The summed E-state index contributed by atoms with van der Waals surface area (Å²) in [6, 6.07) is 11.6. The topological polar surface area (TPSA) is 51.0 Å². The molecule has 0 saturated heterocycles. The summed E-state index contributed by atoms with van der Waals surface area (Å²) in [4.78, 5) is 8.86. The first-order chi connectivity index (χ1) is 9.38. The molecule has 0 radical (unpaired) electrons. The van der Waals surface area contributed by atoms with Crippen LogP contribution in [0, 0.1) is 0 Å². The molecule has 0 unspecified atom stereocenters. The number of fused-ring (bicyclic) bond motifs is 1. The molecule has 1 aromatic carbocycles. The molecule has 2 heterocycles. The number of pyridine rings is 1. The maximum Gasteiger partial charge on any atom is 0.248 e. The van der Waals surface area contributed by atoms with Gasteiger partial charge in [0.15, 0.2) is 5.58 Å². The monoisotopic (exact) mass is 253 g/mol. The first-order valence-electron chi connectivity index (χ1n) is 6.43. The van der Waals surface area contributed by atoms with E-state index in [-0.39, 0.29) is 0 Å². The molecule has 1 N–H and O–H groups in total. The van der Waals surface area contributed by atoms with E-state index in [1.165, 1.54) is 0 Å². The Hall–Kier alpha value is -2.36. The quantitative estimate of drug-likeness (QED) is 0.770. The van der Waals surface area contributed by atoms with Crippen molar-refractivity contribution in [2.75, 3.05) is 11.9 Å². The van der Waals surface area contributed by atoms with Crippen molar-refractivity contribution in [2.45, 2.75) is 13.3 Å². The van der Waals surface area contributed by atoms with E-state index in [1.807, 2.05) is 36.4 Å². The second kappa shape index (κ2) is 5.10. The molecule has 0 spiro atoms. The molecule has 0 amide bonds. The van der Waals surface area contributed by atoms with E-state index in [9.17, 15) is 0 Å². The smallest absolute Gasteiger partial charge is 0.248 e. The summed E-state index contributed by atoms with van der Waals surface area (Å²) in [5, 5.41) is 3.34. The van der Waals surface area contributed by atoms with Gasteiger partial charge in [0, 0.05) is 12.7 Å². The summed E-state index contributed by atoms with van der Waals surface area (Å²) in [7, 11) is 0. The Morgan fingerprint density at radius 3 is 2.89 bits per heavy atom. The van der Waals surface area contributed by atoms with E-state index in [0.717, 1.165) is 35.4 Å². The SMILES string of the molecule is CCCNc1cccnc1-c1nc2ccccc2o1. The maximum absolute atomic E-state index is 5.76. The van der Waals surface area contributed by atoms with Crippen LogP contribution in [-0.4, -0.2) is 16.5 Å². The van der Waals surface area contributed by atoms with Gasteiger partial charge < -0.3 is 9.73 Å². The highest BCUT2D eigenvalue weighted by molar-refractivity contribution is 5.78. The molecule has 3 aromatic rings. The molecule has 4 heteroatoms. The number of hydrogen-bond acceptors (Lipinski definition) is 4. The van der Waals surface area contributed by atoms with Crippen LogP contribution in [0.5, 0.6) is 0 Å². The molecule has 0 aliphatic rings. The Morgan fingerprint density at radius 1 is 1.16 bits per heavy atom. The number of hydrogen-bond donors (Lipinski definition) is 1. The van der Waals surface area contributed by atoms with E-state index in [1.54, 1.807) is 6.20 Å². The van der Waals surface area contributed by atoms with Crippen molar-refractivity contribution in [1.29, 1.82) is 0 Å². The minimum atomic E-state index is 0.556. The average Bonchev–Trinajstić information content (AvgIpc) is 2.89. The number of benzene rings is 1. The summed E-state index contributed by atoms with van der Waals surface area (Å²) in [5.74, 6) is 0.556. The molecule has 96 valence electrons. The van der Waals surface area contributed by atoms with Crippen LogP contribution in [-0.2, 0) is 0 Å². The van der Waals surface area contributed by atoms with Gasteiger partial charge in [0.1, 0.15) is 11.2 Å². The zero-order chi connectivity index (χ0) is 13.1. The van der Waals surface area contributed by atoms with E-state index in [4.69, 9.17) is 4.42 Å². The zero-order valence-electron chi connectivity index (χ0n) is 10.8. The van der Waals surface area contributed by atoms with Crippen molar-refractivity contribution in [2.24, 2.45) is 0 Å². The summed E-state index contributed by atoms with van der Waals surface area (Å²) in [6.45, 7) is 3.03. The van der Waals surface area contributed by atoms with Gasteiger partial charge in [0.2, 0.25) is 5.89 Å². The lowest BCUT2D eigenvalue weighted by atomic mass is 10.3. The van der Waals surface area contributed by atoms with Crippen molar-refractivity contribution >= 4 is 16.8 Å². The fourth-order valence-corrected chi connectivity index (χ4v) is 1.95. The molecule has 19 heavy (non-hydrogen) atoms. The molecule has 0 aliphatic heterocycles. The van der Waals surface area contributed by atoms with Gasteiger partial charge >= 0.3 is 0 Å². The predicted octanol–water partition coefficient (Wildman–Crippen LogP) is 3.71. The highest BCUT2D eigenvalue weighted by Gasteiger charge is 2.12. The fourth-order valence-electron chi connectivity index (χ4n) is 1.95. The van der Waals surface area contributed by atoms with Gasteiger partial charge in [-0.25, -0.2) is 9.97 Å². The molecule has 0 saturated carbocycles. The molecule has 0 aliphatic carbocycles. The summed E-state index contributed by atoms with van der Waals surface area (Å²) < 4.78 is 5.76. The largest absolute Gasteiger partial charge is 0.435 e. The predicted molar refractivity (Wildman–Crippen MR) is 76.0 cm³/mol. The molecule has 3 rings (SSSR count). The van der Waals surface area contributed by atoms with Gasteiger partial charge in [0.05, 0.1) is 5.69 Å².